The summed E-state index contributed by atoms with van der Waals surface area (Å²) < 4.78 is 26.5. The van der Waals surface area contributed by atoms with Crippen LogP contribution >= 0.6 is 11.3 Å². The van der Waals surface area contributed by atoms with E-state index in [2.05, 4.69) is 10.3 Å². The van der Waals surface area contributed by atoms with E-state index in [0.717, 1.165) is 28.3 Å². The van der Waals surface area contributed by atoms with Gasteiger partial charge in [0.25, 0.3) is 5.91 Å². The van der Waals surface area contributed by atoms with Crippen molar-refractivity contribution < 1.29 is 13.6 Å². The number of halogens is 2. The number of aromatic nitrogens is 1. The van der Waals surface area contributed by atoms with E-state index in [1.807, 2.05) is 37.3 Å². The van der Waals surface area contributed by atoms with E-state index in [4.69, 9.17) is 0 Å². The second kappa shape index (κ2) is 6.26. The Hall–Kier alpha value is -2.60. The predicted octanol–water partition coefficient (Wildman–Crippen LogP) is 4.65. The van der Waals surface area contributed by atoms with Gasteiger partial charge in [0, 0.05) is 6.07 Å². The van der Waals surface area contributed by atoms with Gasteiger partial charge in [0.05, 0.1) is 16.1 Å². The summed E-state index contributed by atoms with van der Waals surface area (Å²) >= 11 is 1.31. The first-order valence-electron chi connectivity index (χ1n) is 6.84. The number of anilines is 1. The second-order valence-corrected chi connectivity index (χ2v) is 5.88. The van der Waals surface area contributed by atoms with E-state index in [9.17, 15) is 13.6 Å². The average Bonchev–Trinajstić information content (AvgIpc) is 2.88. The molecule has 6 heteroatoms. The van der Waals surface area contributed by atoms with Gasteiger partial charge in [0.2, 0.25) is 0 Å². The molecule has 0 aliphatic rings. The van der Waals surface area contributed by atoms with Crippen molar-refractivity contribution in [2.45, 2.75) is 6.92 Å². The van der Waals surface area contributed by atoms with Crippen molar-refractivity contribution >= 4 is 22.4 Å². The first-order chi connectivity index (χ1) is 11.0. The number of amides is 1. The Kier molecular flexibility index (Phi) is 4.16. The zero-order valence-corrected chi connectivity index (χ0v) is 13.0. The van der Waals surface area contributed by atoms with Gasteiger partial charge < -0.3 is 0 Å². The van der Waals surface area contributed by atoms with Crippen LogP contribution in [0.4, 0.5) is 13.9 Å². The molecule has 1 heterocycles. The summed E-state index contributed by atoms with van der Waals surface area (Å²) in [7, 11) is 0. The molecule has 1 aromatic heterocycles. The highest BCUT2D eigenvalue weighted by atomic mass is 32.1. The molecule has 0 radical (unpaired) electrons. The molecule has 0 fully saturated rings. The Morgan fingerprint density at radius 1 is 1.13 bits per heavy atom. The van der Waals surface area contributed by atoms with Gasteiger partial charge in [0.1, 0.15) is 11.6 Å². The van der Waals surface area contributed by atoms with Crippen LogP contribution in [0.3, 0.4) is 0 Å². The summed E-state index contributed by atoms with van der Waals surface area (Å²) in [6.07, 6.45) is 0. The Bertz CT molecular complexity index is 862. The van der Waals surface area contributed by atoms with Gasteiger partial charge in [-0.15, -0.1) is 0 Å². The number of carbonyl (C=O) groups is 1. The minimum absolute atomic E-state index is 0.222. The molecule has 0 aliphatic heterocycles. The fraction of sp³-hybridized carbons (Fsp3) is 0.0588. The van der Waals surface area contributed by atoms with Crippen molar-refractivity contribution in [2.24, 2.45) is 0 Å². The summed E-state index contributed by atoms with van der Waals surface area (Å²) in [5, 5.41) is 2.93. The van der Waals surface area contributed by atoms with E-state index >= 15 is 0 Å². The lowest BCUT2D eigenvalue weighted by molar-refractivity contribution is 0.102. The van der Waals surface area contributed by atoms with Crippen LogP contribution in [0, 0.1) is 18.6 Å². The van der Waals surface area contributed by atoms with Crippen molar-refractivity contribution in [3.63, 3.8) is 0 Å². The maximum absolute atomic E-state index is 13.6. The van der Waals surface area contributed by atoms with Gasteiger partial charge in [-0.05, 0) is 24.6 Å². The monoisotopic (exact) mass is 330 g/mol. The smallest absolute Gasteiger partial charge is 0.260 e. The molecule has 2 aromatic carbocycles. The fourth-order valence-corrected chi connectivity index (χ4v) is 3.11. The standard InChI is InChI=1S/C17H12F2N2OS/c1-10-15(11-5-3-2-4-6-11)23-17(20-10)21-16(22)13-8-7-12(18)9-14(13)19/h2-9H,1H3,(H,20,21,22). The number of nitrogens with zero attached hydrogens (tertiary/aromatic N) is 1. The summed E-state index contributed by atoms with van der Waals surface area (Å²) in [6, 6.07) is 12.5. The molecule has 0 unspecified atom stereocenters. The zero-order valence-electron chi connectivity index (χ0n) is 12.1. The Morgan fingerprint density at radius 2 is 1.87 bits per heavy atom. The Labute approximate surface area is 135 Å². The third-order valence-corrected chi connectivity index (χ3v) is 4.35. The molecule has 0 aliphatic carbocycles. The maximum Gasteiger partial charge on any atom is 0.260 e. The summed E-state index contributed by atoms with van der Waals surface area (Å²) in [5.74, 6) is -2.29. The third kappa shape index (κ3) is 3.27. The van der Waals surface area contributed by atoms with Gasteiger partial charge in [-0.3, -0.25) is 10.1 Å². The number of carbonyl (C=O) groups excluding carboxylic acids is 1. The van der Waals surface area contributed by atoms with Gasteiger partial charge in [-0.25, -0.2) is 13.8 Å². The summed E-state index contributed by atoms with van der Waals surface area (Å²) in [6.45, 7) is 1.84. The lowest BCUT2D eigenvalue weighted by atomic mass is 10.2. The van der Waals surface area contributed by atoms with E-state index in [1.54, 1.807) is 0 Å². The van der Waals surface area contributed by atoms with Crippen LogP contribution < -0.4 is 5.32 Å². The number of rotatable bonds is 3. The molecular formula is C17H12F2N2OS. The predicted molar refractivity (Wildman–Crippen MR) is 86.6 cm³/mol. The van der Waals surface area contributed by atoms with Crippen LogP contribution in [-0.4, -0.2) is 10.9 Å². The molecule has 0 saturated heterocycles. The van der Waals surface area contributed by atoms with Crippen LogP contribution in [0.5, 0.6) is 0 Å². The highest BCUT2D eigenvalue weighted by Gasteiger charge is 2.16. The lowest BCUT2D eigenvalue weighted by Gasteiger charge is -2.03. The quantitative estimate of drug-likeness (QED) is 0.759. The van der Waals surface area contributed by atoms with E-state index in [-0.39, 0.29) is 5.56 Å². The Morgan fingerprint density at radius 3 is 2.57 bits per heavy atom. The van der Waals surface area contributed by atoms with Crippen LogP contribution in [0.25, 0.3) is 10.4 Å². The molecule has 3 aromatic rings. The highest BCUT2D eigenvalue weighted by Crippen LogP contribution is 2.32. The molecule has 0 spiro atoms. The lowest BCUT2D eigenvalue weighted by Crippen LogP contribution is -2.13. The van der Waals surface area contributed by atoms with Crippen molar-refractivity contribution in [3.8, 4) is 10.4 Å². The second-order valence-electron chi connectivity index (χ2n) is 4.88. The van der Waals surface area contributed by atoms with Gasteiger partial charge in [-0.1, -0.05) is 41.7 Å². The molecule has 116 valence electrons. The van der Waals surface area contributed by atoms with Crippen LogP contribution in [0.15, 0.2) is 48.5 Å². The molecule has 1 amide bonds. The fourth-order valence-electron chi connectivity index (χ4n) is 2.15. The van der Waals surface area contributed by atoms with E-state index in [1.165, 1.54) is 11.3 Å². The SMILES string of the molecule is Cc1nc(NC(=O)c2ccc(F)cc2F)sc1-c1ccccc1. The van der Waals surface area contributed by atoms with Crippen molar-refractivity contribution in [2.75, 3.05) is 5.32 Å². The molecule has 3 nitrogen and oxygen atoms in total. The average molecular weight is 330 g/mol. The van der Waals surface area contributed by atoms with Crippen LogP contribution in [0.2, 0.25) is 0 Å². The molecule has 23 heavy (non-hydrogen) atoms. The van der Waals surface area contributed by atoms with Gasteiger partial charge in [0.15, 0.2) is 5.13 Å². The normalized spacial score (nSPS) is 10.6. The number of benzene rings is 2. The molecule has 1 N–H and O–H groups in total. The maximum atomic E-state index is 13.6. The summed E-state index contributed by atoms with van der Waals surface area (Å²) in [4.78, 5) is 17.3. The van der Waals surface area contributed by atoms with Crippen molar-refractivity contribution in [3.05, 3.63) is 71.4 Å². The Balaban J connectivity index is 1.85. The van der Waals surface area contributed by atoms with E-state index < -0.39 is 17.5 Å². The van der Waals surface area contributed by atoms with Crippen LogP contribution in [0.1, 0.15) is 16.1 Å². The van der Waals surface area contributed by atoms with Crippen molar-refractivity contribution in [1.29, 1.82) is 0 Å². The molecule has 0 atom stereocenters. The number of hydrogen-bond acceptors (Lipinski definition) is 3. The first-order valence-corrected chi connectivity index (χ1v) is 7.65. The van der Waals surface area contributed by atoms with Crippen molar-refractivity contribution in [1.82, 2.24) is 4.98 Å². The third-order valence-electron chi connectivity index (χ3n) is 3.23. The minimum atomic E-state index is -0.904. The number of hydrogen-bond donors (Lipinski definition) is 1. The van der Waals surface area contributed by atoms with Gasteiger partial charge >= 0.3 is 0 Å². The zero-order chi connectivity index (χ0) is 16.4. The van der Waals surface area contributed by atoms with Gasteiger partial charge in [-0.2, -0.15) is 0 Å². The minimum Gasteiger partial charge on any atom is -0.298 e. The number of thiazole rings is 1. The molecule has 0 saturated carbocycles. The van der Waals surface area contributed by atoms with Crippen LogP contribution in [-0.2, 0) is 0 Å². The molecular weight excluding hydrogens is 318 g/mol. The summed E-state index contributed by atoms with van der Waals surface area (Å²) in [5.41, 5.74) is 1.55. The number of aryl methyl sites for hydroxylation is 1. The molecule has 0 bridgehead atoms. The highest BCUT2D eigenvalue weighted by molar-refractivity contribution is 7.19. The number of nitrogens with one attached hydrogen (secondary N) is 1. The van der Waals surface area contributed by atoms with E-state index in [0.29, 0.717) is 11.2 Å². The molecule has 3 rings (SSSR count). The largest absolute Gasteiger partial charge is 0.298 e. The first kappa shape index (κ1) is 15.3. The topological polar surface area (TPSA) is 42.0 Å².